The molecule has 0 atom stereocenters. The molecule has 2 aromatic rings. The molecule has 0 saturated heterocycles. The van der Waals surface area contributed by atoms with Crippen LogP contribution in [-0.2, 0) is 5.41 Å². The molecule has 2 N–H and O–H groups in total. The van der Waals surface area contributed by atoms with Crippen LogP contribution in [-0.4, -0.2) is 4.98 Å². The minimum Gasteiger partial charge on any atom is -0.439 e. The SMILES string of the molecule is Cc1cnc(Oc2ccccc2C(C)(C)C)cc1N. The molecule has 0 bridgehead atoms. The number of aryl methyl sites for hydroxylation is 1. The fourth-order valence-electron chi connectivity index (χ4n) is 1.86. The van der Waals surface area contributed by atoms with E-state index in [1.807, 2.05) is 25.1 Å². The molecule has 0 unspecified atom stereocenters. The van der Waals surface area contributed by atoms with Crippen LogP contribution in [0.1, 0.15) is 31.9 Å². The highest BCUT2D eigenvalue weighted by Gasteiger charge is 2.19. The maximum absolute atomic E-state index is 5.88. The molecule has 0 aliphatic rings. The normalized spacial score (nSPS) is 11.4. The van der Waals surface area contributed by atoms with Crippen molar-refractivity contribution in [2.45, 2.75) is 33.1 Å². The lowest BCUT2D eigenvalue weighted by Crippen LogP contribution is -2.12. The summed E-state index contributed by atoms with van der Waals surface area (Å²) in [7, 11) is 0. The Bertz CT molecular complexity index is 586. The van der Waals surface area contributed by atoms with Gasteiger partial charge in [-0.25, -0.2) is 4.98 Å². The van der Waals surface area contributed by atoms with Crippen molar-refractivity contribution in [1.82, 2.24) is 4.98 Å². The number of hydrogen-bond donors (Lipinski definition) is 1. The Morgan fingerprint density at radius 2 is 1.84 bits per heavy atom. The number of aromatic nitrogens is 1. The third-order valence-electron chi connectivity index (χ3n) is 3.03. The molecule has 0 aliphatic carbocycles. The zero-order chi connectivity index (χ0) is 14.0. The Morgan fingerprint density at radius 3 is 2.47 bits per heavy atom. The lowest BCUT2D eigenvalue weighted by atomic mass is 9.86. The Morgan fingerprint density at radius 1 is 1.16 bits per heavy atom. The van der Waals surface area contributed by atoms with Crippen molar-refractivity contribution in [3.63, 3.8) is 0 Å². The molecule has 0 spiro atoms. The minimum atomic E-state index is 0.0207. The molecule has 1 heterocycles. The van der Waals surface area contributed by atoms with Crippen LogP contribution in [0.2, 0.25) is 0 Å². The number of rotatable bonds is 2. The van der Waals surface area contributed by atoms with Crippen molar-refractivity contribution < 1.29 is 4.74 Å². The molecule has 1 aromatic carbocycles. The maximum atomic E-state index is 5.88. The fourth-order valence-corrected chi connectivity index (χ4v) is 1.86. The Labute approximate surface area is 114 Å². The molecule has 1 aromatic heterocycles. The van der Waals surface area contributed by atoms with Gasteiger partial charge in [0.25, 0.3) is 0 Å². The molecule has 3 nitrogen and oxygen atoms in total. The van der Waals surface area contributed by atoms with Crippen LogP contribution in [0.3, 0.4) is 0 Å². The largest absolute Gasteiger partial charge is 0.439 e. The van der Waals surface area contributed by atoms with E-state index in [1.54, 1.807) is 12.3 Å². The summed E-state index contributed by atoms with van der Waals surface area (Å²) in [5.74, 6) is 1.35. The summed E-state index contributed by atoms with van der Waals surface area (Å²) in [6, 6.07) is 9.77. The zero-order valence-electron chi connectivity index (χ0n) is 11.9. The third kappa shape index (κ3) is 3.05. The quantitative estimate of drug-likeness (QED) is 0.881. The molecule has 0 amide bonds. The van der Waals surface area contributed by atoms with Crippen LogP contribution in [0, 0.1) is 6.92 Å². The van der Waals surface area contributed by atoms with E-state index in [0.29, 0.717) is 11.6 Å². The lowest BCUT2D eigenvalue weighted by molar-refractivity contribution is 0.440. The maximum Gasteiger partial charge on any atom is 0.221 e. The van der Waals surface area contributed by atoms with E-state index in [0.717, 1.165) is 16.9 Å². The number of ether oxygens (including phenoxy) is 1. The average molecular weight is 256 g/mol. The number of nitrogen functional groups attached to an aromatic ring is 1. The summed E-state index contributed by atoms with van der Waals surface area (Å²) in [6.45, 7) is 8.40. The molecule has 19 heavy (non-hydrogen) atoms. The van der Waals surface area contributed by atoms with Gasteiger partial charge in [-0.15, -0.1) is 0 Å². The number of hydrogen-bond acceptors (Lipinski definition) is 3. The van der Waals surface area contributed by atoms with E-state index in [4.69, 9.17) is 10.5 Å². The number of benzene rings is 1. The Kier molecular flexibility index (Phi) is 3.47. The van der Waals surface area contributed by atoms with Gasteiger partial charge in [-0.2, -0.15) is 0 Å². The predicted octanol–water partition coefficient (Wildman–Crippen LogP) is 4.06. The van der Waals surface area contributed by atoms with Gasteiger partial charge >= 0.3 is 0 Å². The molecular formula is C16H20N2O. The van der Waals surface area contributed by atoms with Gasteiger partial charge in [0.05, 0.1) is 0 Å². The number of pyridine rings is 1. The zero-order valence-corrected chi connectivity index (χ0v) is 11.9. The standard InChI is InChI=1S/C16H20N2O/c1-11-10-18-15(9-13(11)17)19-14-8-6-5-7-12(14)16(2,3)4/h5-10H,1-4H3,(H2,17,18). The second-order valence-electron chi connectivity index (χ2n) is 5.73. The summed E-state index contributed by atoms with van der Waals surface area (Å²) < 4.78 is 5.88. The van der Waals surface area contributed by atoms with Crippen molar-refractivity contribution >= 4 is 5.69 Å². The summed E-state index contributed by atoms with van der Waals surface area (Å²) in [6.07, 6.45) is 1.73. The lowest BCUT2D eigenvalue weighted by Gasteiger charge is -2.22. The summed E-state index contributed by atoms with van der Waals surface area (Å²) in [4.78, 5) is 4.26. The van der Waals surface area contributed by atoms with E-state index in [1.165, 1.54) is 0 Å². The van der Waals surface area contributed by atoms with Gasteiger partial charge in [0.15, 0.2) is 0 Å². The van der Waals surface area contributed by atoms with Crippen LogP contribution in [0.25, 0.3) is 0 Å². The first kappa shape index (κ1) is 13.4. The van der Waals surface area contributed by atoms with Crippen molar-refractivity contribution in [2.75, 3.05) is 5.73 Å². The topological polar surface area (TPSA) is 48.1 Å². The summed E-state index contributed by atoms with van der Waals surface area (Å²) in [5.41, 5.74) is 8.70. The molecule has 2 rings (SSSR count). The Hall–Kier alpha value is -2.03. The fraction of sp³-hybridized carbons (Fsp3) is 0.312. The second kappa shape index (κ2) is 4.92. The first-order chi connectivity index (χ1) is 8.88. The monoisotopic (exact) mass is 256 g/mol. The van der Waals surface area contributed by atoms with Crippen LogP contribution < -0.4 is 10.5 Å². The van der Waals surface area contributed by atoms with Crippen LogP contribution in [0.15, 0.2) is 36.5 Å². The van der Waals surface area contributed by atoms with Gasteiger partial charge in [-0.05, 0) is 24.0 Å². The van der Waals surface area contributed by atoms with Crippen LogP contribution in [0.5, 0.6) is 11.6 Å². The van der Waals surface area contributed by atoms with E-state index in [2.05, 4.69) is 31.8 Å². The van der Waals surface area contributed by atoms with Crippen molar-refractivity contribution in [3.05, 3.63) is 47.7 Å². The molecule has 100 valence electrons. The molecule has 0 saturated carbocycles. The minimum absolute atomic E-state index is 0.0207. The van der Waals surface area contributed by atoms with Gasteiger partial charge in [0, 0.05) is 23.5 Å². The van der Waals surface area contributed by atoms with Gasteiger partial charge in [-0.1, -0.05) is 39.0 Å². The number of anilines is 1. The van der Waals surface area contributed by atoms with Crippen LogP contribution >= 0.6 is 0 Å². The van der Waals surface area contributed by atoms with Crippen LogP contribution in [0.4, 0.5) is 5.69 Å². The average Bonchev–Trinajstić information content (AvgIpc) is 2.33. The highest BCUT2D eigenvalue weighted by molar-refractivity contribution is 5.48. The predicted molar refractivity (Wildman–Crippen MR) is 78.6 cm³/mol. The van der Waals surface area contributed by atoms with Gasteiger partial charge in [0.2, 0.25) is 5.88 Å². The van der Waals surface area contributed by atoms with Crippen molar-refractivity contribution in [1.29, 1.82) is 0 Å². The highest BCUT2D eigenvalue weighted by atomic mass is 16.5. The second-order valence-corrected chi connectivity index (χ2v) is 5.73. The van der Waals surface area contributed by atoms with Gasteiger partial charge < -0.3 is 10.5 Å². The first-order valence-corrected chi connectivity index (χ1v) is 6.37. The van der Waals surface area contributed by atoms with E-state index in [9.17, 15) is 0 Å². The Balaban J connectivity index is 2.36. The highest BCUT2D eigenvalue weighted by Crippen LogP contribution is 2.33. The number of nitrogens with two attached hydrogens (primary N) is 1. The smallest absolute Gasteiger partial charge is 0.221 e. The van der Waals surface area contributed by atoms with Crippen molar-refractivity contribution in [2.24, 2.45) is 0 Å². The third-order valence-corrected chi connectivity index (χ3v) is 3.03. The van der Waals surface area contributed by atoms with E-state index >= 15 is 0 Å². The van der Waals surface area contributed by atoms with E-state index in [-0.39, 0.29) is 5.41 Å². The molecule has 0 radical (unpaired) electrons. The molecule has 0 fully saturated rings. The molecule has 0 aliphatic heterocycles. The number of para-hydroxylation sites is 1. The van der Waals surface area contributed by atoms with Crippen molar-refractivity contribution in [3.8, 4) is 11.6 Å². The molecule has 3 heteroatoms. The summed E-state index contributed by atoms with van der Waals surface area (Å²) in [5, 5.41) is 0. The number of nitrogens with zero attached hydrogens (tertiary/aromatic N) is 1. The summed E-state index contributed by atoms with van der Waals surface area (Å²) >= 11 is 0. The van der Waals surface area contributed by atoms with Gasteiger partial charge in [0.1, 0.15) is 5.75 Å². The first-order valence-electron chi connectivity index (χ1n) is 6.37. The van der Waals surface area contributed by atoms with E-state index < -0.39 is 0 Å². The molecular weight excluding hydrogens is 236 g/mol. The van der Waals surface area contributed by atoms with Gasteiger partial charge in [-0.3, -0.25) is 0 Å².